The average molecular weight is 286 g/mol. The molecule has 0 radical (unpaired) electrons. The summed E-state index contributed by atoms with van der Waals surface area (Å²) in [5.41, 5.74) is 8.55. The van der Waals surface area contributed by atoms with Crippen LogP contribution in [0.1, 0.15) is 44.0 Å². The van der Waals surface area contributed by atoms with Gasteiger partial charge in [-0.3, -0.25) is 9.58 Å². The smallest absolute Gasteiger partial charge is 0.0538 e. The van der Waals surface area contributed by atoms with Crippen LogP contribution in [0.15, 0.2) is 42.7 Å². The molecule has 2 N–H and O–H groups in total. The molecule has 4 heteroatoms. The second-order valence-electron chi connectivity index (χ2n) is 5.65. The van der Waals surface area contributed by atoms with E-state index in [4.69, 9.17) is 5.73 Å². The molecule has 2 aromatic rings. The molecule has 0 saturated carbocycles. The average Bonchev–Trinajstić information content (AvgIpc) is 2.98. The van der Waals surface area contributed by atoms with Crippen LogP contribution in [0.3, 0.4) is 0 Å². The maximum Gasteiger partial charge on any atom is 0.0538 e. The normalized spacial score (nSPS) is 13.0. The highest BCUT2D eigenvalue weighted by atomic mass is 15.3. The van der Waals surface area contributed by atoms with Gasteiger partial charge >= 0.3 is 0 Å². The standard InChI is InChI=1S/C17H26N4/c1-4-20(12-15-8-6-5-7-9-15)17(10-18)16-11-19-21(13-16)14(2)3/h5-9,11,13-14,17H,4,10,12,18H2,1-3H3. The van der Waals surface area contributed by atoms with E-state index in [0.29, 0.717) is 12.6 Å². The van der Waals surface area contributed by atoms with E-state index < -0.39 is 0 Å². The Kier molecular flexibility index (Phi) is 5.53. The van der Waals surface area contributed by atoms with Gasteiger partial charge in [-0.1, -0.05) is 37.3 Å². The van der Waals surface area contributed by atoms with Gasteiger partial charge in [0.15, 0.2) is 0 Å². The number of nitrogens with two attached hydrogens (primary N) is 1. The van der Waals surface area contributed by atoms with Crippen molar-refractivity contribution in [1.82, 2.24) is 14.7 Å². The summed E-state index contributed by atoms with van der Waals surface area (Å²) in [4.78, 5) is 2.40. The minimum absolute atomic E-state index is 0.211. The summed E-state index contributed by atoms with van der Waals surface area (Å²) in [5.74, 6) is 0. The predicted octanol–water partition coefficient (Wildman–Crippen LogP) is 2.99. The SMILES string of the molecule is CCN(Cc1ccccc1)C(CN)c1cnn(C(C)C)c1. The van der Waals surface area contributed by atoms with Gasteiger partial charge in [0.1, 0.15) is 0 Å². The summed E-state index contributed by atoms with van der Waals surface area (Å²) in [5, 5.41) is 4.44. The quantitative estimate of drug-likeness (QED) is 0.851. The number of aromatic nitrogens is 2. The first-order valence-corrected chi connectivity index (χ1v) is 7.67. The van der Waals surface area contributed by atoms with Crippen LogP contribution in [0, 0.1) is 0 Å². The third-order valence-electron chi connectivity index (χ3n) is 3.83. The molecule has 2 rings (SSSR count). The van der Waals surface area contributed by atoms with Crippen LogP contribution in [-0.2, 0) is 6.54 Å². The highest BCUT2D eigenvalue weighted by Gasteiger charge is 2.19. The lowest BCUT2D eigenvalue weighted by Gasteiger charge is -2.29. The Morgan fingerprint density at radius 2 is 1.95 bits per heavy atom. The van der Waals surface area contributed by atoms with E-state index in [2.05, 4.69) is 61.2 Å². The summed E-state index contributed by atoms with van der Waals surface area (Å²) in [6, 6.07) is 11.1. The van der Waals surface area contributed by atoms with E-state index in [0.717, 1.165) is 13.1 Å². The summed E-state index contributed by atoms with van der Waals surface area (Å²) in [7, 11) is 0. The molecule has 1 heterocycles. The van der Waals surface area contributed by atoms with Gasteiger partial charge in [-0.2, -0.15) is 5.10 Å². The van der Waals surface area contributed by atoms with Crippen molar-refractivity contribution in [3.8, 4) is 0 Å². The molecule has 0 spiro atoms. The van der Waals surface area contributed by atoms with Gasteiger partial charge in [0, 0.05) is 30.9 Å². The lowest BCUT2D eigenvalue weighted by Crippen LogP contribution is -2.33. The number of hydrogen-bond acceptors (Lipinski definition) is 3. The fourth-order valence-electron chi connectivity index (χ4n) is 2.56. The Morgan fingerprint density at radius 1 is 1.24 bits per heavy atom. The predicted molar refractivity (Wildman–Crippen MR) is 86.9 cm³/mol. The fourth-order valence-corrected chi connectivity index (χ4v) is 2.56. The van der Waals surface area contributed by atoms with Crippen LogP contribution < -0.4 is 5.73 Å². The first-order valence-electron chi connectivity index (χ1n) is 7.67. The van der Waals surface area contributed by atoms with Crippen molar-refractivity contribution in [1.29, 1.82) is 0 Å². The van der Waals surface area contributed by atoms with E-state index in [1.54, 1.807) is 0 Å². The molecule has 0 amide bonds. The van der Waals surface area contributed by atoms with Gasteiger partial charge in [0.25, 0.3) is 0 Å². The number of benzene rings is 1. The molecule has 0 bridgehead atoms. The van der Waals surface area contributed by atoms with Crippen molar-refractivity contribution >= 4 is 0 Å². The summed E-state index contributed by atoms with van der Waals surface area (Å²) < 4.78 is 1.99. The topological polar surface area (TPSA) is 47.1 Å². The van der Waals surface area contributed by atoms with Crippen LogP contribution >= 0.6 is 0 Å². The van der Waals surface area contributed by atoms with Crippen LogP contribution in [-0.4, -0.2) is 27.8 Å². The third-order valence-corrected chi connectivity index (χ3v) is 3.83. The molecule has 0 fully saturated rings. The number of hydrogen-bond donors (Lipinski definition) is 1. The highest BCUT2D eigenvalue weighted by Crippen LogP contribution is 2.22. The van der Waals surface area contributed by atoms with E-state index in [-0.39, 0.29) is 6.04 Å². The molecule has 0 aliphatic carbocycles. The summed E-state index contributed by atoms with van der Waals surface area (Å²) in [6.45, 7) is 8.92. The highest BCUT2D eigenvalue weighted by molar-refractivity contribution is 5.17. The summed E-state index contributed by atoms with van der Waals surface area (Å²) >= 11 is 0. The van der Waals surface area contributed by atoms with Gasteiger partial charge < -0.3 is 5.73 Å². The Bertz CT molecular complexity index is 533. The maximum atomic E-state index is 6.04. The molecule has 1 unspecified atom stereocenters. The molecule has 1 atom stereocenters. The Labute approximate surface area is 127 Å². The first-order chi connectivity index (χ1) is 10.2. The molecular formula is C17H26N4. The van der Waals surface area contributed by atoms with E-state index in [9.17, 15) is 0 Å². The van der Waals surface area contributed by atoms with Crippen molar-refractivity contribution in [3.05, 3.63) is 53.9 Å². The minimum atomic E-state index is 0.211. The number of rotatable bonds is 7. The van der Waals surface area contributed by atoms with Gasteiger partial charge in [0.05, 0.1) is 12.2 Å². The molecule has 1 aromatic heterocycles. The molecule has 0 saturated heterocycles. The Hall–Kier alpha value is -1.65. The largest absolute Gasteiger partial charge is 0.329 e. The lowest BCUT2D eigenvalue weighted by atomic mass is 10.1. The third kappa shape index (κ3) is 3.93. The molecule has 1 aromatic carbocycles. The Morgan fingerprint density at radius 3 is 2.48 bits per heavy atom. The number of likely N-dealkylation sites (N-methyl/N-ethyl adjacent to an activating group) is 1. The van der Waals surface area contributed by atoms with Gasteiger partial charge in [-0.05, 0) is 26.0 Å². The zero-order chi connectivity index (χ0) is 15.2. The van der Waals surface area contributed by atoms with Crippen molar-refractivity contribution in [2.45, 2.75) is 39.4 Å². The van der Waals surface area contributed by atoms with Gasteiger partial charge in [-0.15, -0.1) is 0 Å². The van der Waals surface area contributed by atoms with Crippen LogP contribution in [0.2, 0.25) is 0 Å². The molecule has 4 nitrogen and oxygen atoms in total. The number of nitrogens with zero attached hydrogens (tertiary/aromatic N) is 3. The van der Waals surface area contributed by atoms with Crippen molar-refractivity contribution in [2.24, 2.45) is 5.73 Å². The van der Waals surface area contributed by atoms with Crippen molar-refractivity contribution in [3.63, 3.8) is 0 Å². The zero-order valence-electron chi connectivity index (χ0n) is 13.2. The van der Waals surface area contributed by atoms with E-state index in [1.807, 2.05) is 16.9 Å². The van der Waals surface area contributed by atoms with Gasteiger partial charge in [0.2, 0.25) is 0 Å². The van der Waals surface area contributed by atoms with Crippen LogP contribution in [0.25, 0.3) is 0 Å². The van der Waals surface area contributed by atoms with E-state index in [1.165, 1.54) is 11.1 Å². The van der Waals surface area contributed by atoms with E-state index >= 15 is 0 Å². The fraction of sp³-hybridized carbons (Fsp3) is 0.471. The van der Waals surface area contributed by atoms with Crippen molar-refractivity contribution < 1.29 is 0 Å². The summed E-state index contributed by atoms with van der Waals surface area (Å²) in [6.07, 6.45) is 4.07. The molecule has 0 aliphatic rings. The van der Waals surface area contributed by atoms with Crippen molar-refractivity contribution in [2.75, 3.05) is 13.1 Å². The van der Waals surface area contributed by atoms with Crippen LogP contribution in [0.5, 0.6) is 0 Å². The molecule has 114 valence electrons. The maximum absolute atomic E-state index is 6.04. The second-order valence-corrected chi connectivity index (χ2v) is 5.65. The van der Waals surface area contributed by atoms with Crippen LogP contribution in [0.4, 0.5) is 0 Å². The van der Waals surface area contributed by atoms with Gasteiger partial charge in [-0.25, -0.2) is 0 Å². The molecule has 0 aliphatic heterocycles. The molecular weight excluding hydrogens is 260 g/mol. The zero-order valence-corrected chi connectivity index (χ0v) is 13.2. The Balaban J connectivity index is 2.16. The minimum Gasteiger partial charge on any atom is -0.329 e. The monoisotopic (exact) mass is 286 g/mol. The first kappa shape index (κ1) is 15.7. The molecule has 21 heavy (non-hydrogen) atoms. The second kappa shape index (κ2) is 7.38. The lowest BCUT2D eigenvalue weighted by molar-refractivity contribution is 0.203.